The van der Waals surface area contributed by atoms with Crippen molar-refractivity contribution in [1.29, 1.82) is 0 Å². The Balaban J connectivity index is 0.000000480. The van der Waals surface area contributed by atoms with Gasteiger partial charge in [0.1, 0.15) is 13.2 Å². The van der Waals surface area contributed by atoms with Crippen LogP contribution in [0.15, 0.2) is 60.7 Å². The Morgan fingerprint density at radius 1 is 0.607 bits per heavy atom. The smallest absolute Gasteiger partial charge is 0.336 e. The number of carbonyl (C=O) groups excluding carboxylic acids is 2. The minimum Gasteiger partial charge on any atom is -0.481 e. The Bertz CT molecular complexity index is 1450. The molecule has 0 aromatic heterocycles. The third kappa shape index (κ3) is 18.6. The zero-order valence-corrected chi connectivity index (χ0v) is 37.3. The third-order valence-corrected chi connectivity index (χ3v) is 11.2. The van der Waals surface area contributed by atoms with E-state index >= 15 is 0 Å². The summed E-state index contributed by atoms with van der Waals surface area (Å²) >= 11 is 0. The van der Waals surface area contributed by atoms with Gasteiger partial charge in [0.2, 0.25) is 0 Å². The maximum atomic E-state index is 12.7. The highest BCUT2D eigenvalue weighted by atomic mass is 16.6. The van der Waals surface area contributed by atoms with Gasteiger partial charge in [0.05, 0.1) is 50.1 Å². The first-order valence-corrected chi connectivity index (χ1v) is 21.6. The summed E-state index contributed by atoms with van der Waals surface area (Å²) < 4.78 is 22.3. The molecule has 1 fully saturated rings. The van der Waals surface area contributed by atoms with Crippen molar-refractivity contribution < 1.29 is 63.3 Å². The second-order valence-corrected chi connectivity index (χ2v) is 14.8. The largest absolute Gasteiger partial charge is 0.481 e. The van der Waals surface area contributed by atoms with Gasteiger partial charge in [-0.25, -0.2) is 4.79 Å². The zero-order valence-electron chi connectivity index (χ0n) is 37.3. The molecule has 1 aliphatic rings. The lowest BCUT2D eigenvalue weighted by atomic mass is 9.76. The molecule has 0 radical (unpaired) electrons. The summed E-state index contributed by atoms with van der Waals surface area (Å²) in [6.07, 6.45) is 3.12. The highest BCUT2D eigenvalue weighted by Gasteiger charge is 2.44. The number of carbonyl (C=O) groups is 5. The fraction of sp³-hybridized carbons (Fsp3) is 0.630. The molecule has 0 atom stereocenters. The number of hydrogen-bond donors (Lipinski definition) is 4. The topological polar surface area (TPSA) is 210 Å². The van der Waals surface area contributed by atoms with Gasteiger partial charge in [0.15, 0.2) is 5.60 Å². The standard InChI is InChI=1S/C20H31NO3.C20H33NO3.C6H8O7/c1-3-21(4-2)14-15-23-16-17-24-19(22)20(12-8-9-13-20)18-10-6-5-7-11-18;1-5-20(6-2,18-12-10-9-11-13-18)19(22)24-17-16-23-15-14-21(7-3)8-4;7-3(8)1-6(13,5(11)12)2-4(9)10/h5-7,10-11H,3-4,8-9,12-17H2,1-2H3;9-13H,5-8,14-17H2,1-4H3;13H,1-2H2,(H,7,8)(H,9,10)(H,11,12). The molecule has 3 rings (SSSR count). The van der Waals surface area contributed by atoms with E-state index in [1.807, 2.05) is 74.5 Å². The number of rotatable bonds is 27. The molecule has 0 aliphatic heterocycles. The molecule has 0 unspecified atom stereocenters. The Hall–Kier alpha value is -4.41. The van der Waals surface area contributed by atoms with Crippen LogP contribution in [0.5, 0.6) is 0 Å². The molecule has 15 heteroatoms. The molecule has 4 N–H and O–H groups in total. The summed E-state index contributed by atoms with van der Waals surface area (Å²) in [5.41, 5.74) is -1.61. The number of benzene rings is 2. The predicted octanol–water partition coefficient (Wildman–Crippen LogP) is 5.80. The summed E-state index contributed by atoms with van der Waals surface area (Å²) in [6.45, 7) is 21.6. The summed E-state index contributed by atoms with van der Waals surface area (Å²) in [7, 11) is 0. The molecule has 61 heavy (non-hydrogen) atoms. The van der Waals surface area contributed by atoms with Crippen molar-refractivity contribution in [2.75, 3.05) is 78.9 Å². The minimum atomic E-state index is -2.74. The van der Waals surface area contributed by atoms with Crippen LogP contribution in [-0.4, -0.2) is 145 Å². The van der Waals surface area contributed by atoms with E-state index in [9.17, 15) is 24.0 Å². The van der Waals surface area contributed by atoms with Crippen LogP contribution in [0.25, 0.3) is 0 Å². The lowest BCUT2D eigenvalue weighted by molar-refractivity contribution is -0.170. The van der Waals surface area contributed by atoms with Crippen molar-refractivity contribution >= 4 is 29.8 Å². The molecule has 2 aromatic carbocycles. The third-order valence-electron chi connectivity index (χ3n) is 11.2. The van der Waals surface area contributed by atoms with Gasteiger partial charge in [-0.1, -0.05) is 115 Å². The van der Waals surface area contributed by atoms with E-state index in [1.54, 1.807) is 0 Å². The normalized spacial score (nSPS) is 13.4. The zero-order chi connectivity index (χ0) is 45.7. The molecular weight excluding hydrogens is 789 g/mol. The first-order chi connectivity index (χ1) is 29.1. The van der Waals surface area contributed by atoms with Crippen LogP contribution >= 0.6 is 0 Å². The fourth-order valence-electron chi connectivity index (χ4n) is 7.22. The number of ether oxygens (including phenoxy) is 4. The minimum absolute atomic E-state index is 0.0847. The number of aliphatic carboxylic acids is 3. The van der Waals surface area contributed by atoms with Gasteiger partial charge in [-0.3, -0.25) is 19.2 Å². The van der Waals surface area contributed by atoms with Gasteiger partial charge in [-0.15, -0.1) is 0 Å². The van der Waals surface area contributed by atoms with Crippen LogP contribution in [0.3, 0.4) is 0 Å². The van der Waals surface area contributed by atoms with Gasteiger partial charge < -0.3 is 49.2 Å². The molecule has 0 saturated heterocycles. The molecule has 1 saturated carbocycles. The molecule has 0 heterocycles. The molecular formula is C46H72N2O13. The molecule has 0 spiro atoms. The van der Waals surface area contributed by atoms with E-state index in [-0.39, 0.29) is 11.9 Å². The number of carboxylic acids is 3. The summed E-state index contributed by atoms with van der Waals surface area (Å²) in [6, 6.07) is 20.0. The lowest BCUT2D eigenvalue weighted by Gasteiger charge is -2.29. The summed E-state index contributed by atoms with van der Waals surface area (Å²) in [4.78, 5) is 60.5. The van der Waals surface area contributed by atoms with E-state index < -0.39 is 47.2 Å². The first kappa shape index (κ1) is 54.6. The summed E-state index contributed by atoms with van der Waals surface area (Å²) in [5, 5.41) is 33.8. The average molecular weight is 861 g/mol. The van der Waals surface area contributed by atoms with Crippen molar-refractivity contribution in [3.05, 3.63) is 71.8 Å². The van der Waals surface area contributed by atoms with Crippen LogP contribution in [0, 0.1) is 0 Å². The Kier molecular flexibility index (Phi) is 26.7. The molecule has 0 amide bonds. The quantitative estimate of drug-likeness (QED) is 0.0618. The molecule has 15 nitrogen and oxygen atoms in total. The van der Waals surface area contributed by atoms with Crippen LogP contribution in [0.1, 0.15) is 104 Å². The number of likely N-dealkylation sites (N-methyl/N-ethyl adjacent to an activating group) is 2. The van der Waals surface area contributed by atoms with E-state index in [1.165, 1.54) is 0 Å². The second-order valence-electron chi connectivity index (χ2n) is 14.8. The molecule has 344 valence electrons. The van der Waals surface area contributed by atoms with Crippen molar-refractivity contribution in [1.82, 2.24) is 9.80 Å². The van der Waals surface area contributed by atoms with Crippen LogP contribution in [-0.2, 0) is 53.8 Å². The number of aliphatic hydroxyl groups is 1. The SMILES string of the molecule is CCN(CC)CCOCCOC(=O)C(CC)(CC)c1ccccc1.CCN(CC)CCOCCOC(=O)C1(c2ccccc2)CCCC1.O=C(O)CC(O)(CC(=O)O)C(=O)O. The monoisotopic (exact) mass is 861 g/mol. The van der Waals surface area contributed by atoms with E-state index in [0.29, 0.717) is 39.6 Å². The lowest BCUT2D eigenvalue weighted by Crippen LogP contribution is -2.42. The molecule has 2 aromatic rings. The van der Waals surface area contributed by atoms with E-state index in [4.69, 9.17) is 39.4 Å². The van der Waals surface area contributed by atoms with Gasteiger partial charge >= 0.3 is 29.8 Å². The van der Waals surface area contributed by atoms with E-state index in [2.05, 4.69) is 37.5 Å². The molecule has 1 aliphatic carbocycles. The Labute approximate surface area is 362 Å². The number of carboxylic acid groups (broad SMARTS) is 3. The highest BCUT2D eigenvalue weighted by Crippen LogP contribution is 2.42. The first-order valence-electron chi connectivity index (χ1n) is 21.6. The van der Waals surface area contributed by atoms with Crippen molar-refractivity contribution in [3.63, 3.8) is 0 Å². The van der Waals surface area contributed by atoms with Crippen molar-refractivity contribution in [3.8, 4) is 0 Å². The van der Waals surface area contributed by atoms with Crippen LogP contribution < -0.4 is 0 Å². The molecule has 0 bridgehead atoms. The second kappa shape index (κ2) is 29.8. The van der Waals surface area contributed by atoms with Crippen molar-refractivity contribution in [2.45, 2.75) is 109 Å². The van der Waals surface area contributed by atoms with Crippen LogP contribution in [0.4, 0.5) is 0 Å². The summed E-state index contributed by atoms with van der Waals surface area (Å²) in [5.74, 6) is -5.25. The predicted molar refractivity (Wildman–Crippen MR) is 232 cm³/mol. The van der Waals surface area contributed by atoms with Crippen molar-refractivity contribution in [2.24, 2.45) is 0 Å². The van der Waals surface area contributed by atoms with Gasteiger partial charge in [0.25, 0.3) is 0 Å². The van der Waals surface area contributed by atoms with Crippen LogP contribution in [0.2, 0.25) is 0 Å². The van der Waals surface area contributed by atoms with Gasteiger partial charge in [-0.2, -0.15) is 0 Å². The highest BCUT2D eigenvalue weighted by molar-refractivity contribution is 5.88. The number of nitrogens with zero attached hydrogens (tertiary/aromatic N) is 2. The Morgan fingerprint density at radius 3 is 1.43 bits per heavy atom. The maximum absolute atomic E-state index is 12.7. The fourth-order valence-corrected chi connectivity index (χ4v) is 7.22. The number of hydrogen-bond acceptors (Lipinski definition) is 12. The van der Waals surface area contributed by atoms with Gasteiger partial charge in [0, 0.05) is 13.1 Å². The maximum Gasteiger partial charge on any atom is 0.336 e. The Morgan fingerprint density at radius 2 is 1.03 bits per heavy atom. The average Bonchev–Trinajstić information content (AvgIpc) is 3.76. The van der Waals surface area contributed by atoms with E-state index in [0.717, 1.165) is 88.9 Å². The van der Waals surface area contributed by atoms with Gasteiger partial charge in [-0.05, 0) is 63.0 Å². The number of esters is 2.